The van der Waals surface area contributed by atoms with Crippen molar-refractivity contribution in [3.05, 3.63) is 100 Å². The number of nitrogens with zero attached hydrogens (tertiary/aromatic N) is 1. The summed E-state index contributed by atoms with van der Waals surface area (Å²) in [5.41, 5.74) is 3.23. The molecule has 4 aromatic carbocycles. The quantitative estimate of drug-likeness (QED) is 0.141. The van der Waals surface area contributed by atoms with E-state index in [9.17, 15) is 24.5 Å². The summed E-state index contributed by atoms with van der Waals surface area (Å²) in [7, 11) is 0. The van der Waals surface area contributed by atoms with Gasteiger partial charge in [0, 0.05) is 39.2 Å². The number of anilines is 1. The monoisotopic (exact) mass is 498 g/mol. The number of hydrogen-bond donors (Lipinski definition) is 1. The van der Waals surface area contributed by atoms with Crippen LogP contribution in [0.5, 0.6) is 0 Å². The summed E-state index contributed by atoms with van der Waals surface area (Å²) in [6, 6.07) is 22.4. The highest BCUT2D eigenvalue weighted by atomic mass is 32.2. The zero-order chi connectivity index (χ0) is 25.2. The number of thioether (sulfide) groups is 1. The minimum Gasteiger partial charge on any atom is -0.455 e. The van der Waals surface area contributed by atoms with Crippen LogP contribution in [0.2, 0.25) is 0 Å². The number of esters is 1. The van der Waals surface area contributed by atoms with Crippen LogP contribution in [0.1, 0.15) is 15.9 Å². The third kappa shape index (κ3) is 4.44. The van der Waals surface area contributed by atoms with Crippen molar-refractivity contribution in [3.8, 4) is 11.1 Å². The van der Waals surface area contributed by atoms with Gasteiger partial charge in [0.05, 0.1) is 10.7 Å². The molecule has 0 saturated heterocycles. The lowest BCUT2D eigenvalue weighted by Gasteiger charge is -2.21. The number of amides is 1. The fraction of sp³-hybridized carbons (Fsp3) is 0.0741. The first-order valence-electron chi connectivity index (χ1n) is 10.9. The molecule has 0 bridgehead atoms. The molecule has 0 saturated carbocycles. The Bertz CT molecular complexity index is 1570. The van der Waals surface area contributed by atoms with E-state index in [1.165, 1.54) is 36.0 Å². The van der Waals surface area contributed by atoms with E-state index in [4.69, 9.17) is 4.74 Å². The number of ketones is 1. The highest BCUT2D eigenvalue weighted by Crippen LogP contribution is 2.42. The molecule has 0 radical (unpaired) electrons. The van der Waals surface area contributed by atoms with Crippen molar-refractivity contribution in [3.63, 3.8) is 0 Å². The van der Waals surface area contributed by atoms with Crippen molar-refractivity contribution in [2.45, 2.75) is 4.90 Å². The molecular formula is C27H18N2O6S. The van der Waals surface area contributed by atoms with Crippen molar-refractivity contribution in [2.75, 3.05) is 17.7 Å². The lowest BCUT2D eigenvalue weighted by Crippen LogP contribution is -2.21. The summed E-state index contributed by atoms with van der Waals surface area (Å²) in [5.74, 6) is -1.25. The van der Waals surface area contributed by atoms with Crippen LogP contribution in [0.15, 0.2) is 83.8 Å². The van der Waals surface area contributed by atoms with E-state index in [2.05, 4.69) is 5.32 Å². The number of benzene rings is 4. The largest absolute Gasteiger partial charge is 0.455 e. The molecule has 1 aliphatic carbocycles. The van der Waals surface area contributed by atoms with Gasteiger partial charge in [0.15, 0.2) is 12.4 Å². The van der Waals surface area contributed by atoms with E-state index in [1.54, 1.807) is 0 Å². The number of nitro groups is 1. The van der Waals surface area contributed by atoms with Crippen LogP contribution in [0, 0.1) is 10.1 Å². The van der Waals surface area contributed by atoms with Crippen LogP contribution in [0.25, 0.3) is 21.9 Å². The minimum absolute atomic E-state index is 0.0278. The molecule has 36 heavy (non-hydrogen) atoms. The lowest BCUT2D eigenvalue weighted by atomic mass is 9.83. The molecule has 178 valence electrons. The highest BCUT2D eigenvalue weighted by Gasteiger charge is 2.25. The van der Waals surface area contributed by atoms with E-state index >= 15 is 0 Å². The van der Waals surface area contributed by atoms with E-state index in [0.717, 1.165) is 26.8 Å². The molecule has 1 amide bonds. The maximum Gasteiger partial charge on any atom is 0.316 e. The molecule has 0 spiro atoms. The number of carbonyl (C=O) groups is 3. The Morgan fingerprint density at radius 2 is 1.64 bits per heavy atom. The molecule has 1 N–H and O–H groups in total. The zero-order valence-electron chi connectivity index (χ0n) is 18.7. The van der Waals surface area contributed by atoms with Crippen molar-refractivity contribution in [1.82, 2.24) is 0 Å². The summed E-state index contributed by atoms with van der Waals surface area (Å²) >= 11 is 1.26. The van der Waals surface area contributed by atoms with Crippen LogP contribution in [0.4, 0.5) is 11.4 Å². The molecule has 4 aromatic rings. The molecule has 0 heterocycles. The van der Waals surface area contributed by atoms with Crippen molar-refractivity contribution in [2.24, 2.45) is 0 Å². The third-order valence-corrected chi connectivity index (χ3v) is 6.80. The number of ether oxygens (including phenoxy) is 1. The predicted octanol–water partition coefficient (Wildman–Crippen LogP) is 5.23. The summed E-state index contributed by atoms with van der Waals surface area (Å²) in [5, 5.41) is 15.1. The summed E-state index contributed by atoms with van der Waals surface area (Å²) in [6.45, 7) is -0.517. The second kappa shape index (κ2) is 9.63. The molecule has 0 unspecified atom stereocenters. The smallest absolute Gasteiger partial charge is 0.316 e. The molecule has 0 atom stereocenters. The molecule has 0 fully saturated rings. The fourth-order valence-electron chi connectivity index (χ4n) is 4.20. The molecule has 0 aliphatic heterocycles. The average molecular weight is 499 g/mol. The first-order valence-corrected chi connectivity index (χ1v) is 11.9. The van der Waals surface area contributed by atoms with Gasteiger partial charge in [-0.25, -0.2) is 0 Å². The average Bonchev–Trinajstić information content (AvgIpc) is 2.89. The number of fused-ring (bicyclic) bond motifs is 2. The van der Waals surface area contributed by atoms with Gasteiger partial charge in [0.2, 0.25) is 0 Å². The number of non-ortho nitro benzene ring substituents is 1. The SMILES string of the molecule is O=C(COC(=O)CSc1ccc2c3c(cccc13)C(=O)c1ccccc1-2)Nc1cccc([N+](=O)[O-])c1. The first kappa shape index (κ1) is 23.3. The lowest BCUT2D eigenvalue weighted by molar-refractivity contribution is -0.384. The van der Waals surface area contributed by atoms with E-state index in [-0.39, 0.29) is 22.9 Å². The van der Waals surface area contributed by atoms with Gasteiger partial charge < -0.3 is 10.1 Å². The van der Waals surface area contributed by atoms with Crippen LogP contribution < -0.4 is 5.32 Å². The van der Waals surface area contributed by atoms with Gasteiger partial charge in [-0.05, 0) is 28.6 Å². The fourth-order valence-corrected chi connectivity index (χ4v) is 5.05. The standard InChI is InChI=1S/C27H18N2O6S/c30-24(28-16-5-3-6-17(13-16)29(33)34)14-35-25(31)15-36-23-12-11-19-18-7-1-2-8-20(18)27(32)22-10-4-9-21(23)26(19)22/h1-13H,14-15H2,(H,28,30). The Kier molecular flexibility index (Phi) is 6.22. The summed E-state index contributed by atoms with van der Waals surface area (Å²) < 4.78 is 5.07. The van der Waals surface area contributed by atoms with Gasteiger partial charge in [-0.1, -0.05) is 54.6 Å². The predicted molar refractivity (Wildman–Crippen MR) is 136 cm³/mol. The Morgan fingerprint density at radius 3 is 2.44 bits per heavy atom. The van der Waals surface area contributed by atoms with Crippen LogP contribution in [0.3, 0.4) is 0 Å². The van der Waals surface area contributed by atoms with Gasteiger partial charge in [-0.2, -0.15) is 0 Å². The summed E-state index contributed by atoms with van der Waals surface area (Å²) in [6.07, 6.45) is 0. The molecule has 0 aromatic heterocycles. The highest BCUT2D eigenvalue weighted by molar-refractivity contribution is 8.00. The molecule has 8 nitrogen and oxygen atoms in total. The second-order valence-electron chi connectivity index (χ2n) is 8.02. The first-order chi connectivity index (χ1) is 17.4. The van der Waals surface area contributed by atoms with Crippen molar-refractivity contribution in [1.29, 1.82) is 0 Å². The third-order valence-electron chi connectivity index (χ3n) is 5.76. The maximum atomic E-state index is 13.1. The van der Waals surface area contributed by atoms with Gasteiger partial charge in [0.25, 0.3) is 11.6 Å². The number of nitro benzene ring substituents is 1. The molecule has 1 aliphatic rings. The van der Waals surface area contributed by atoms with Gasteiger partial charge in [-0.15, -0.1) is 11.8 Å². The van der Waals surface area contributed by atoms with E-state index in [0.29, 0.717) is 11.1 Å². The Labute approximate surface area is 209 Å². The van der Waals surface area contributed by atoms with Crippen LogP contribution in [-0.4, -0.2) is 34.9 Å². The van der Waals surface area contributed by atoms with Gasteiger partial charge in [0.1, 0.15) is 0 Å². The maximum absolute atomic E-state index is 13.1. The molecule has 5 rings (SSSR count). The Hall–Kier alpha value is -4.50. The second-order valence-corrected chi connectivity index (χ2v) is 9.04. The summed E-state index contributed by atoms with van der Waals surface area (Å²) in [4.78, 5) is 48.6. The van der Waals surface area contributed by atoms with E-state index < -0.39 is 23.4 Å². The van der Waals surface area contributed by atoms with Crippen LogP contribution >= 0.6 is 11.8 Å². The normalized spacial score (nSPS) is 11.6. The molecule has 9 heteroatoms. The zero-order valence-corrected chi connectivity index (χ0v) is 19.5. The van der Waals surface area contributed by atoms with Crippen LogP contribution in [-0.2, 0) is 14.3 Å². The minimum atomic E-state index is -0.604. The number of carbonyl (C=O) groups excluding carboxylic acids is 3. The number of rotatable bonds is 7. The Balaban J connectivity index is 1.25. The molecular weight excluding hydrogens is 480 g/mol. The van der Waals surface area contributed by atoms with Gasteiger partial charge >= 0.3 is 5.97 Å². The van der Waals surface area contributed by atoms with Gasteiger partial charge in [-0.3, -0.25) is 24.5 Å². The number of nitrogens with one attached hydrogen (secondary N) is 1. The number of hydrogen-bond acceptors (Lipinski definition) is 7. The van der Waals surface area contributed by atoms with Crippen molar-refractivity contribution < 1.29 is 24.0 Å². The van der Waals surface area contributed by atoms with E-state index in [1.807, 2.05) is 54.6 Å². The Morgan fingerprint density at radius 1 is 0.889 bits per heavy atom. The topological polar surface area (TPSA) is 116 Å². The van der Waals surface area contributed by atoms with Crippen molar-refractivity contribution >= 4 is 51.6 Å².